The fraction of sp³-hybridized carbons (Fsp3) is 0.250. The van der Waals surface area contributed by atoms with Crippen LogP contribution in [0.25, 0.3) is 0 Å². The maximum absolute atomic E-state index is 13.1. The van der Waals surface area contributed by atoms with E-state index < -0.39 is 0 Å². The number of anilines is 3. The summed E-state index contributed by atoms with van der Waals surface area (Å²) in [4.78, 5) is 31.0. The van der Waals surface area contributed by atoms with Gasteiger partial charge in [0.25, 0.3) is 5.91 Å². The summed E-state index contributed by atoms with van der Waals surface area (Å²) >= 11 is 0. The van der Waals surface area contributed by atoms with Crippen LogP contribution in [-0.2, 0) is 11.3 Å². The molecule has 0 bridgehead atoms. The van der Waals surface area contributed by atoms with Gasteiger partial charge in [0.1, 0.15) is 0 Å². The van der Waals surface area contributed by atoms with Crippen molar-refractivity contribution >= 4 is 28.9 Å². The second-order valence-electron chi connectivity index (χ2n) is 7.65. The molecule has 0 unspecified atom stereocenters. The number of hydrogen-bond donors (Lipinski definition) is 0. The first-order valence-electron chi connectivity index (χ1n) is 10.00. The normalized spacial score (nSPS) is 15.6. The average molecular weight is 403 g/mol. The maximum Gasteiger partial charge on any atom is 0.294 e. The average Bonchev–Trinajstić information content (AvgIpc) is 3.27. The molecule has 1 aromatic heterocycles. The number of benzene rings is 2. The molecule has 0 spiro atoms. The summed E-state index contributed by atoms with van der Waals surface area (Å²) in [5.74, 6) is 0.0332. The van der Waals surface area contributed by atoms with Crippen molar-refractivity contribution in [2.24, 2.45) is 0 Å². The Morgan fingerprint density at radius 3 is 2.50 bits per heavy atom. The quantitative estimate of drug-likeness (QED) is 0.651. The van der Waals surface area contributed by atoms with E-state index in [2.05, 4.69) is 17.0 Å². The molecule has 2 aromatic carbocycles. The van der Waals surface area contributed by atoms with Gasteiger partial charge in [-0.15, -0.1) is 0 Å². The summed E-state index contributed by atoms with van der Waals surface area (Å²) < 4.78 is 5.35. The van der Waals surface area contributed by atoms with Gasteiger partial charge < -0.3 is 19.1 Å². The molecule has 1 aliphatic heterocycles. The van der Waals surface area contributed by atoms with Gasteiger partial charge in [-0.2, -0.15) is 0 Å². The Labute approximate surface area is 176 Å². The summed E-state index contributed by atoms with van der Waals surface area (Å²) in [5, 5.41) is 0. The SMILES string of the molecule is CC(=O)N1c2ccc(N(C)Cc3ccccc3)cc2N(C(=O)c2ccco2)C[C@@H]1C. The highest BCUT2D eigenvalue weighted by atomic mass is 16.3. The second kappa shape index (κ2) is 8.06. The molecule has 0 saturated heterocycles. The van der Waals surface area contributed by atoms with Gasteiger partial charge in [-0.3, -0.25) is 9.59 Å². The van der Waals surface area contributed by atoms with E-state index in [1.807, 2.05) is 50.4 Å². The van der Waals surface area contributed by atoms with E-state index in [1.54, 1.807) is 28.9 Å². The van der Waals surface area contributed by atoms with Crippen LogP contribution in [0.2, 0.25) is 0 Å². The zero-order valence-electron chi connectivity index (χ0n) is 17.4. The molecule has 0 radical (unpaired) electrons. The van der Waals surface area contributed by atoms with Crippen molar-refractivity contribution in [1.29, 1.82) is 0 Å². The third kappa shape index (κ3) is 3.68. The predicted octanol–water partition coefficient (Wildman–Crippen LogP) is 4.32. The smallest absolute Gasteiger partial charge is 0.294 e. The Morgan fingerprint density at radius 1 is 1.07 bits per heavy atom. The Hall–Kier alpha value is -3.54. The molecule has 4 rings (SSSR count). The molecule has 6 nitrogen and oxygen atoms in total. The number of carbonyl (C=O) groups is 2. The van der Waals surface area contributed by atoms with E-state index in [0.29, 0.717) is 12.2 Å². The lowest BCUT2D eigenvalue weighted by Gasteiger charge is -2.41. The van der Waals surface area contributed by atoms with Crippen LogP contribution < -0.4 is 14.7 Å². The lowest BCUT2D eigenvalue weighted by atomic mass is 10.1. The topological polar surface area (TPSA) is 57.0 Å². The van der Waals surface area contributed by atoms with Gasteiger partial charge in [-0.1, -0.05) is 30.3 Å². The minimum Gasteiger partial charge on any atom is -0.459 e. The molecule has 2 heterocycles. The van der Waals surface area contributed by atoms with E-state index in [1.165, 1.54) is 11.8 Å². The molecule has 3 aromatic rings. The molecule has 30 heavy (non-hydrogen) atoms. The summed E-state index contributed by atoms with van der Waals surface area (Å²) in [5.41, 5.74) is 3.60. The van der Waals surface area contributed by atoms with Crippen molar-refractivity contribution in [3.05, 3.63) is 78.3 Å². The Balaban J connectivity index is 1.73. The summed E-state index contributed by atoms with van der Waals surface area (Å²) in [6.45, 7) is 4.64. The first-order valence-corrected chi connectivity index (χ1v) is 10.00. The van der Waals surface area contributed by atoms with Crippen LogP contribution in [0.1, 0.15) is 30.0 Å². The highest BCUT2D eigenvalue weighted by Gasteiger charge is 2.35. The molecule has 6 heteroatoms. The Morgan fingerprint density at radius 2 is 1.83 bits per heavy atom. The molecular formula is C24H25N3O3. The number of furan rings is 1. The van der Waals surface area contributed by atoms with Crippen molar-refractivity contribution < 1.29 is 14.0 Å². The van der Waals surface area contributed by atoms with E-state index in [9.17, 15) is 9.59 Å². The third-order valence-electron chi connectivity index (χ3n) is 5.42. The summed E-state index contributed by atoms with van der Waals surface area (Å²) in [6.07, 6.45) is 1.49. The van der Waals surface area contributed by atoms with Crippen molar-refractivity contribution in [3.8, 4) is 0 Å². The van der Waals surface area contributed by atoms with Crippen molar-refractivity contribution in [2.45, 2.75) is 26.4 Å². The van der Waals surface area contributed by atoms with E-state index in [0.717, 1.165) is 17.9 Å². The Bertz CT molecular complexity index is 1050. The van der Waals surface area contributed by atoms with Crippen LogP contribution >= 0.6 is 0 Å². The third-order valence-corrected chi connectivity index (χ3v) is 5.42. The van der Waals surface area contributed by atoms with Gasteiger partial charge in [0.15, 0.2) is 5.76 Å². The van der Waals surface area contributed by atoms with Gasteiger partial charge in [0, 0.05) is 32.7 Å². The molecule has 154 valence electrons. The highest BCUT2D eigenvalue weighted by molar-refractivity contribution is 6.09. The summed E-state index contributed by atoms with van der Waals surface area (Å²) in [6, 6.07) is 19.3. The minimum absolute atomic E-state index is 0.0424. The Kier molecular flexibility index (Phi) is 5.31. The molecular weight excluding hydrogens is 378 g/mol. The van der Waals surface area contributed by atoms with Crippen LogP contribution in [-0.4, -0.2) is 31.4 Å². The highest BCUT2D eigenvalue weighted by Crippen LogP contribution is 2.39. The summed E-state index contributed by atoms with van der Waals surface area (Å²) in [7, 11) is 2.02. The number of carbonyl (C=O) groups excluding carboxylic acids is 2. The molecule has 0 saturated carbocycles. The van der Waals surface area contributed by atoms with Crippen LogP contribution in [0.3, 0.4) is 0 Å². The van der Waals surface area contributed by atoms with E-state index >= 15 is 0 Å². The van der Waals surface area contributed by atoms with Crippen LogP contribution in [0.5, 0.6) is 0 Å². The fourth-order valence-electron chi connectivity index (χ4n) is 4.00. The second-order valence-corrected chi connectivity index (χ2v) is 7.65. The first-order chi connectivity index (χ1) is 14.5. The van der Waals surface area contributed by atoms with Gasteiger partial charge in [-0.25, -0.2) is 0 Å². The van der Waals surface area contributed by atoms with Gasteiger partial charge >= 0.3 is 0 Å². The number of nitrogens with zero attached hydrogens (tertiary/aromatic N) is 3. The lowest BCUT2D eigenvalue weighted by Crippen LogP contribution is -2.51. The molecule has 0 N–H and O–H groups in total. The molecule has 1 aliphatic rings. The largest absolute Gasteiger partial charge is 0.459 e. The van der Waals surface area contributed by atoms with E-state index in [4.69, 9.17) is 4.42 Å². The fourth-order valence-corrected chi connectivity index (χ4v) is 4.00. The minimum atomic E-state index is -0.209. The van der Waals surface area contributed by atoms with Gasteiger partial charge in [0.05, 0.1) is 23.7 Å². The van der Waals surface area contributed by atoms with Crippen molar-refractivity contribution in [3.63, 3.8) is 0 Å². The van der Waals surface area contributed by atoms with Crippen LogP contribution in [0.15, 0.2) is 71.3 Å². The number of fused-ring (bicyclic) bond motifs is 1. The predicted molar refractivity (Wildman–Crippen MR) is 118 cm³/mol. The number of hydrogen-bond acceptors (Lipinski definition) is 4. The maximum atomic E-state index is 13.1. The zero-order valence-corrected chi connectivity index (χ0v) is 17.4. The monoisotopic (exact) mass is 403 g/mol. The zero-order chi connectivity index (χ0) is 21.3. The molecule has 1 atom stereocenters. The van der Waals surface area contributed by atoms with Crippen LogP contribution in [0.4, 0.5) is 17.1 Å². The number of rotatable bonds is 4. The molecule has 0 aliphatic carbocycles. The van der Waals surface area contributed by atoms with Crippen molar-refractivity contribution in [2.75, 3.05) is 28.3 Å². The van der Waals surface area contributed by atoms with Gasteiger partial charge in [0.2, 0.25) is 5.91 Å². The van der Waals surface area contributed by atoms with Crippen LogP contribution in [0, 0.1) is 0 Å². The van der Waals surface area contributed by atoms with E-state index in [-0.39, 0.29) is 23.6 Å². The standard InChI is InChI=1S/C24H25N3O3/c1-17-15-26(24(29)23-10-7-13-30-23)22-14-20(11-12-21(22)27(17)18(2)28)25(3)16-19-8-5-4-6-9-19/h4-14,17H,15-16H2,1-3H3/t17-/m0/s1. The first kappa shape index (κ1) is 19.8. The number of amides is 2. The van der Waals surface area contributed by atoms with Gasteiger partial charge in [-0.05, 0) is 42.8 Å². The molecule has 2 amide bonds. The molecule has 0 fully saturated rings. The van der Waals surface area contributed by atoms with Crippen molar-refractivity contribution in [1.82, 2.24) is 0 Å². The lowest BCUT2D eigenvalue weighted by molar-refractivity contribution is -0.117.